The Morgan fingerprint density at radius 2 is 2.12 bits per heavy atom. The zero-order valence-electron chi connectivity index (χ0n) is 9.03. The predicted octanol–water partition coefficient (Wildman–Crippen LogP) is 1.17. The van der Waals surface area contributed by atoms with Crippen molar-refractivity contribution in [3.05, 3.63) is 35.5 Å². The van der Waals surface area contributed by atoms with E-state index >= 15 is 0 Å². The van der Waals surface area contributed by atoms with Gasteiger partial charge in [0.25, 0.3) is 0 Å². The standard InChI is InChI=1S/C11H14N2O2S/c1-16(14,15)7-9-6-13-11-4-8(5-12)2-3-10(9)11/h2-4,6,13H,5,7,12H2,1H3. The summed E-state index contributed by atoms with van der Waals surface area (Å²) in [6.45, 7) is 0.483. The summed E-state index contributed by atoms with van der Waals surface area (Å²) in [5.41, 5.74) is 8.31. The van der Waals surface area contributed by atoms with Gasteiger partial charge in [0.2, 0.25) is 0 Å². The van der Waals surface area contributed by atoms with Gasteiger partial charge in [-0.3, -0.25) is 0 Å². The normalized spacial score (nSPS) is 12.1. The molecular weight excluding hydrogens is 224 g/mol. The Morgan fingerprint density at radius 3 is 2.75 bits per heavy atom. The number of fused-ring (bicyclic) bond motifs is 1. The van der Waals surface area contributed by atoms with Gasteiger partial charge >= 0.3 is 0 Å². The maximum atomic E-state index is 11.2. The van der Waals surface area contributed by atoms with Gasteiger partial charge in [-0.15, -0.1) is 0 Å². The van der Waals surface area contributed by atoms with Crippen molar-refractivity contribution >= 4 is 20.7 Å². The van der Waals surface area contributed by atoms with E-state index in [-0.39, 0.29) is 5.75 Å². The Kier molecular flexibility index (Phi) is 2.73. The Labute approximate surface area is 94.4 Å². The van der Waals surface area contributed by atoms with E-state index in [0.29, 0.717) is 6.54 Å². The summed E-state index contributed by atoms with van der Waals surface area (Å²) in [5.74, 6) is 0.0645. The number of aromatic amines is 1. The maximum Gasteiger partial charge on any atom is 0.151 e. The van der Waals surface area contributed by atoms with Crippen molar-refractivity contribution in [2.45, 2.75) is 12.3 Å². The molecule has 0 saturated carbocycles. The molecule has 0 saturated heterocycles. The average molecular weight is 238 g/mol. The highest BCUT2D eigenvalue weighted by Gasteiger charge is 2.09. The number of benzene rings is 1. The summed E-state index contributed by atoms with van der Waals surface area (Å²) in [6, 6.07) is 5.78. The maximum absolute atomic E-state index is 11.2. The molecule has 16 heavy (non-hydrogen) atoms. The minimum Gasteiger partial charge on any atom is -0.361 e. The predicted molar refractivity (Wildman–Crippen MR) is 64.7 cm³/mol. The van der Waals surface area contributed by atoms with Crippen LogP contribution in [0.2, 0.25) is 0 Å². The molecule has 2 aromatic rings. The fourth-order valence-corrected chi connectivity index (χ4v) is 2.57. The molecule has 0 spiro atoms. The van der Waals surface area contributed by atoms with Crippen molar-refractivity contribution in [3.63, 3.8) is 0 Å². The lowest BCUT2D eigenvalue weighted by atomic mass is 10.1. The van der Waals surface area contributed by atoms with Crippen LogP contribution in [0, 0.1) is 0 Å². The molecule has 0 bridgehead atoms. The van der Waals surface area contributed by atoms with E-state index in [9.17, 15) is 8.42 Å². The fourth-order valence-electron chi connectivity index (χ4n) is 1.76. The van der Waals surface area contributed by atoms with Crippen molar-refractivity contribution in [2.24, 2.45) is 5.73 Å². The lowest BCUT2D eigenvalue weighted by Gasteiger charge is -1.99. The number of nitrogens with one attached hydrogen (secondary N) is 1. The van der Waals surface area contributed by atoms with Gasteiger partial charge in [-0.2, -0.15) is 0 Å². The molecule has 0 amide bonds. The van der Waals surface area contributed by atoms with Crippen LogP contribution in [-0.4, -0.2) is 19.7 Å². The molecule has 3 N–H and O–H groups in total. The second kappa shape index (κ2) is 3.92. The first-order chi connectivity index (χ1) is 7.49. The summed E-state index contributed by atoms with van der Waals surface area (Å²) < 4.78 is 22.5. The van der Waals surface area contributed by atoms with Crippen LogP contribution in [0.1, 0.15) is 11.1 Å². The number of hydrogen-bond acceptors (Lipinski definition) is 3. The van der Waals surface area contributed by atoms with Gasteiger partial charge in [0.05, 0.1) is 5.75 Å². The van der Waals surface area contributed by atoms with E-state index < -0.39 is 9.84 Å². The number of H-pyrrole nitrogens is 1. The average Bonchev–Trinajstić information content (AvgIpc) is 2.58. The van der Waals surface area contributed by atoms with Crippen LogP contribution >= 0.6 is 0 Å². The van der Waals surface area contributed by atoms with Crippen LogP contribution in [-0.2, 0) is 22.1 Å². The summed E-state index contributed by atoms with van der Waals surface area (Å²) in [4.78, 5) is 3.07. The molecule has 1 aromatic carbocycles. The molecule has 4 nitrogen and oxygen atoms in total. The second-order valence-corrected chi connectivity index (χ2v) is 6.11. The third-order valence-corrected chi connectivity index (χ3v) is 3.32. The molecule has 0 atom stereocenters. The molecule has 0 aliphatic carbocycles. The van der Waals surface area contributed by atoms with Crippen molar-refractivity contribution in [1.29, 1.82) is 0 Å². The molecule has 1 heterocycles. The monoisotopic (exact) mass is 238 g/mol. The lowest BCUT2D eigenvalue weighted by Crippen LogP contribution is -2.00. The molecule has 0 aliphatic heterocycles. The summed E-state index contributed by atoms with van der Waals surface area (Å²) in [7, 11) is -3.00. The van der Waals surface area contributed by atoms with Gasteiger partial charge in [0, 0.05) is 29.9 Å². The SMILES string of the molecule is CS(=O)(=O)Cc1c[nH]c2cc(CN)ccc12. The first-order valence-corrected chi connectivity index (χ1v) is 7.02. The van der Waals surface area contributed by atoms with Crippen LogP contribution in [0.25, 0.3) is 10.9 Å². The van der Waals surface area contributed by atoms with Crippen molar-refractivity contribution in [2.75, 3.05) is 6.26 Å². The molecule has 0 radical (unpaired) electrons. The fraction of sp³-hybridized carbons (Fsp3) is 0.273. The zero-order valence-corrected chi connectivity index (χ0v) is 9.84. The van der Waals surface area contributed by atoms with Crippen molar-refractivity contribution < 1.29 is 8.42 Å². The Hall–Kier alpha value is -1.33. The topological polar surface area (TPSA) is 76.0 Å². The van der Waals surface area contributed by atoms with E-state index in [4.69, 9.17) is 5.73 Å². The van der Waals surface area contributed by atoms with Crippen LogP contribution in [0.4, 0.5) is 0 Å². The minimum absolute atomic E-state index is 0.0645. The van der Waals surface area contributed by atoms with E-state index in [1.165, 1.54) is 6.26 Å². The minimum atomic E-state index is -3.00. The number of sulfone groups is 1. The largest absolute Gasteiger partial charge is 0.361 e. The molecule has 2 rings (SSSR count). The highest BCUT2D eigenvalue weighted by atomic mass is 32.2. The van der Waals surface area contributed by atoms with Gasteiger partial charge < -0.3 is 10.7 Å². The van der Waals surface area contributed by atoms with Crippen LogP contribution in [0.15, 0.2) is 24.4 Å². The first-order valence-electron chi connectivity index (χ1n) is 4.96. The molecule has 1 aromatic heterocycles. The summed E-state index contributed by atoms with van der Waals surface area (Å²) >= 11 is 0. The number of rotatable bonds is 3. The summed E-state index contributed by atoms with van der Waals surface area (Å²) in [5, 5.41) is 0.947. The van der Waals surface area contributed by atoms with Gasteiger partial charge in [-0.05, 0) is 17.2 Å². The highest BCUT2D eigenvalue weighted by molar-refractivity contribution is 7.89. The molecule has 0 unspecified atom stereocenters. The molecule has 0 fully saturated rings. The number of hydrogen-bond donors (Lipinski definition) is 2. The molecule has 86 valence electrons. The van der Waals surface area contributed by atoms with E-state index in [1.807, 2.05) is 18.2 Å². The Morgan fingerprint density at radius 1 is 1.38 bits per heavy atom. The molecular formula is C11H14N2O2S. The third-order valence-electron chi connectivity index (χ3n) is 2.49. The van der Waals surface area contributed by atoms with Gasteiger partial charge in [-0.1, -0.05) is 12.1 Å². The Bertz CT molecular complexity index is 614. The third kappa shape index (κ3) is 2.25. The number of aromatic nitrogens is 1. The lowest BCUT2D eigenvalue weighted by molar-refractivity contribution is 0.601. The summed E-state index contributed by atoms with van der Waals surface area (Å²) in [6.07, 6.45) is 2.98. The Balaban J connectivity index is 2.50. The van der Waals surface area contributed by atoms with Crippen LogP contribution in [0.5, 0.6) is 0 Å². The quantitative estimate of drug-likeness (QED) is 0.842. The van der Waals surface area contributed by atoms with Gasteiger partial charge in [0.1, 0.15) is 0 Å². The van der Waals surface area contributed by atoms with Gasteiger partial charge in [-0.25, -0.2) is 8.42 Å². The van der Waals surface area contributed by atoms with E-state index in [0.717, 1.165) is 22.0 Å². The first kappa shape index (κ1) is 11.2. The van der Waals surface area contributed by atoms with Crippen LogP contribution in [0.3, 0.4) is 0 Å². The van der Waals surface area contributed by atoms with Crippen molar-refractivity contribution in [1.82, 2.24) is 4.98 Å². The number of nitrogens with two attached hydrogens (primary N) is 1. The van der Waals surface area contributed by atoms with Gasteiger partial charge in [0.15, 0.2) is 9.84 Å². The highest BCUT2D eigenvalue weighted by Crippen LogP contribution is 2.21. The molecule has 0 aliphatic rings. The zero-order chi connectivity index (χ0) is 11.8. The van der Waals surface area contributed by atoms with E-state index in [2.05, 4.69) is 4.98 Å². The smallest absolute Gasteiger partial charge is 0.151 e. The van der Waals surface area contributed by atoms with Crippen molar-refractivity contribution in [3.8, 4) is 0 Å². The van der Waals surface area contributed by atoms with Crippen LogP contribution < -0.4 is 5.73 Å². The molecule has 5 heteroatoms. The second-order valence-electron chi connectivity index (χ2n) is 3.97. The van der Waals surface area contributed by atoms with E-state index in [1.54, 1.807) is 6.20 Å².